The van der Waals surface area contributed by atoms with E-state index >= 15 is 0 Å². The van der Waals surface area contributed by atoms with Crippen LogP contribution in [0.4, 0.5) is 0 Å². The quantitative estimate of drug-likeness (QED) is 0.815. The summed E-state index contributed by atoms with van der Waals surface area (Å²) in [5, 5.41) is 8.03. The second-order valence-corrected chi connectivity index (χ2v) is 7.51. The van der Waals surface area contributed by atoms with Crippen molar-refractivity contribution in [1.29, 1.82) is 5.26 Å². The molecule has 0 bridgehead atoms. The number of sulfonamides is 1. The van der Waals surface area contributed by atoms with Crippen molar-refractivity contribution in [1.82, 2.24) is 4.72 Å². The van der Waals surface area contributed by atoms with Gasteiger partial charge in [0, 0.05) is 11.3 Å². The summed E-state index contributed by atoms with van der Waals surface area (Å²) in [5.41, 5.74) is 0. The van der Waals surface area contributed by atoms with Gasteiger partial charge in [0.25, 0.3) is 0 Å². The Labute approximate surface area is 102 Å². The van der Waals surface area contributed by atoms with E-state index < -0.39 is 15.3 Å². The molecule has 4 nitrogen and oxygen atoms in total. The maximum atomic E-state index is 11.7. The molecule has 0 amide bonds. The first kappa shape index (κ1) is 13.8. The number of thioether (sulfide) groups is 1. The standard InChI is InChI=1S/C10H18N2O2S2/c1-3-15-10-6-4-5-9(10)12-16(13,14)8(2)7-11/h8-10,12H,3-6H2,1-2H3. The van der Waals surface area contributed by atoms with E-state index in [0.717, 1.165) is 25.0 Å². The molecular weight excluding hydrogens is 244 g/mol. The molecule has 1 fully saturated rings. The van der Waals surface area contributed by atoms with Crippen molar-refractivity contribution in [2.75, 3.05) is 5.75 Å². The van der Waals surface area contributed by atoms with Crippen molar-refractivity contribution in [2.45, 2.75) is 49.7 Å². The molecule has 0 heterocycles. The van der Waals surface area contributed by atoms with E-state index in [0.29, 0.717) is 5.25 Å². The third kappa shape index (κ3) is 3.37. The molecule has 0 radical (unpaired) electrons. The Bertz CT molecular complexity index is 362. The average Bonchev–Trinajstić information content (AvgIpc) is 2.64. The van der Waals surface area contributed by atoms with Crippen LogP contribution in [0.5, 0.6) is 0 Å². The SMILES string of the molecule is CCSC1CCCC1NS(=O)(=O)C(C)C#N. The number of hydrogen-bond donors (Lipinski definition) is 1. The van der Waals surface area contributed by atoms with E-state index in [2.05, 4.69) is 11.6 Å². The van der Waals surface area contributed by atoms with Crippen LogP contribution in [0.1, 0.15) is 33.1 Å². The summed E-state index contributed by atoms with van der Waals surface area (Å²) in [7, 11) is -3.47. The van der Waals surface area contributed by atoms with E-state index in [4.69, 9.17) is 5.26 Å². The van der Waals surface area contributed by atoms with E-state index in [1.54, 1.807) is 17.8 Å². The van der Waals surface area contributed by atoms with Crippen LogP contribution in [-0.4, -0.2) is 30.7 Å². The van der Waals surface area contributed by atoms with Gasteiger partial charge in [-0.2, -0.15) is 17.0 Å². The molecule has 1 aliphatic carbocycles. The highest BCUT2D eigenvalue weighted by molar-refractivity contribution is 8.00. The average molecular weight is 262 g/mol. The van der Waals surface area contributed by atoms with E-state index in [-0.39, 0.29) is 6.04 Å². The molecule has 0 aromatic heterocycles. The molecule has 0 aromatic carbocycles. The lowest BCUT2D eigenvalue weighted by Crippen LogP contribution is -2.42. The Kier molecular flexibility index (Phi) is 5.09. The molecule has 1 rings (SSSR count). The van der Waals surface area contributed by atoms with Crippen molar-refractivity contribution in [2.24, 2.45) is 0 Å². The minimum Gasteiger partial charge on any atom is -0.211 e. The monoisotopic (exact) mass is 262 g/mol. The van der Waals surface area contributed by atoms with Crippen LogP contribution in [0.3, 0.4) is 0 Å². The number of rotatable bonds is 5. The molecule has 16 heavy (non-hydrogen) atoms. The number of nitrogens with zero attached hydrogens (tertiary/aromatic N) is 1. The fraction of sp³-hybridized carbons (Fsp3) is 0.900. The second kappa shape index (κ2) is 5.89. The fourth-order valence-corrected chi connectivity index (χ4v) is 4.19. The first-order chi connectivity index (χ1) is 7.51. The van der Waals surface area contributed by atoms with Gasteiger partial charge in [0.2, 0.25) is 10.0 Å². The van der Waals surface area contributed by atoms with Crippen molar-refractivity contribution >= 4 is 21.8 Å². The van der Waals surface area contributed by atoms with Crippen LogP contribution in [0.2, 0.25) is 0 Å². The van der Waals surface area contributed by atoms with Gasteiger partial charge in [0.1, 0.15) is 0 Å². The lowest BCUT2D eigenvalue weighted by atomic mass is 10.3. The van der Waals surface area contributed by atoms with Crippen LogP contribution in [0.15, 0.2) is 0 Å². The highest BCUT2D eigenvalue weighted by Crippen LogP contribution is 2.30. The van der Waals surface area contributed by atoms with Gasteiger partial charge < -0.3 is 0 Å². The summed E-state index contributed by atoms with van der Waals surface area (Å²) in [4.78, 5) is 0. The summed E-state index contributed by atoms with van der Waals surface area (Å²) < 4.78 is 26.1. The Morgan fingerprint density at radius 1 is 1.56 bits per heavy atom. The van der Waals surface area contributed by atoms with Gasteiger partial charge in [-0.3, -0.25) is 0 Å². The van der Waals surface area contributed by atoms with Crippen LogP contribution in [0.25, 0.3) is 0 Å². The predicted molar refractivity (Wildman–Crippen MR) is 66.7 cm³/mol. The van der Waals surface area contributed by atoms with Crippen LogP contribution < -0.4 is 4.72 Å². The van der Waals surface area contributed by atoms with E-state index in [1.165, 1.54) is 6.92 Å². The Hall–Kier alpha value is -0.250. The third-order valence-electron chi connectivity index (χ3n) is 2.80. The summed E-state index contributed by atoms with van der Waals surface area (Å²) in [6, 6.07) is 1.77. The van der Waals surface area contributed by atoms with Crippen LogP contribution in [-0.2, 0) is 10.0 Å². The van der Waals surface area contributed by atoms with Gasteiger partial charge in [-0.05, 0) is 25.5 Å². The molecule has 3 unspecified atom stereocenters. The molecule has 0 saturated heterocycles. The smallest absolute Gasteiger partial charge is 0.211 e. The van der Waals surface area contributed by atoms with Gasteiger partial charge in [-0.15, -0.1) is 0 Å². The molecule has 1 aliphatic rings. The van der Waals surface area contributed by atoms with Gasteiger partial charge in [0.05, 0.1) is 6.07 Å². The fourth-order valence-electron chi connectivity index (χ4n) is 1.86. The second-order valence-electron chi connectivity index (χ2n) is 3.97. The highest BCUT2D eigenvalue weighted by atomic mass is 32.2. The largest absolute Gasteiger partial charge is 0.227 e. The molecule has 0 spiro atoms. The number of hydrogen-bond acceptors (Lipinski definition) is 4. The lowest BCUT2D eigenvalue weighted by molar-refractivity contribution is 0.551. The topological polar surface area (TPSA) is 70.0 Å². The zero-order valence-corrected chi connectivity index (χ0v) is 11.3. The van der Waals surface area contributed by atoms with Gasteiger partial charge in [0.15, 0.2) is 5.25 Å². The summed E-state index contributed by atoms with van der Waals surface area (Å²) in [6.45, 7) is 3.49. The van der Waals surface area contributed by atoms with Crippen molar-refractivity contribution in [3.8, 4) is 6.07 Å². The van der Waals surface area contributed by atoms with Crippen molar-refractivity contribution < 1.29 is 8.42 Å². The minimum atomic E-state index is -3.47. The predicted octanol–water partition coefficient (Wildman–Crippen LogP) is 1.49. The maximum Gasteiger partial charge on any atom is 0.227 e. The lowest BCUT2D eigenvalue weighted by Gasteiger charge is -2.20. The van der Waals surface area contributed by atoms with Crippen LogP contribution >= 0.6 is 11.8 Å². The summed E-state index contributed by atoms with van der Waals surface area (Å²) in [5.74, 6) is 0.997. The molecule has 6 heteroatoms. The first-order valence-corrected chi connectivity index (χ1v) is 8.13. The van der Waals surface area contributed by atoms with Crippen molar-refractivity contribution in [3.63, 3.8) is 0 Å². The zero-order chi connectivity index (χ0) is 12.2. The van der Waals surface area contributed by atoms with Gasteiger partial charge in [-0.1, -0.05) is 13.3 Å². The highest BCUT2D eigenvalue weighted by Gasteiger charge is 2.32. The Morgan fingerprint density at radius 2 is 2.25 bits per heavy atom. The summed E-state index contributed by atoms with van der Waals surface area (Å²) in [6.07, 6.45) is 3.01. The molecular formula is C10H18N2O2S2. The summed E-state index contributed by atoms with van der Waals surface area (Å²) >= 11 is 1.80. The maximum absolute atomic E-state index is 11.7. The zero-order valence-electron chi connectivity index (χ0n) is 9.64. The molecule has 0 aromatic rings. The van der Waals surface area contributed by atoms with Crippen molar-refractivity contribution in [3.05, 3.63) is 0 Å². The normalized spacial score (nSPS) is 27.6. The third-order valence-corrected chi connectivity index (χ3v) is 5.79. The number of nitriles is 1. The number of nitrogens with one attached hydrogen (secondary N) is 1. The van der Waals surface area contributed by atoms with Gasteiger partial charge in [-0.25, -0.2) is 13.1 Å². The van der Waals surface area contributed by atoms with E-state index in [9.17, 15) is 8.42 Å². The molecule has 0 aliphatic heterocycles. The first-order valence-electron chi connectivity index (χ1n) is 5.53. The van der Waals surface area contributed by atoms with Crippen LogP contribution in [0, 0.1) is 11.3 Å². The molecule has 92 valence electrons. The Morgan fingerprint density at radius 3 is 2.81 bits per heavy atom. The van der Waals surface area contributed by atoms with Gasteiger partial charge >= 0.3 is 0 Å². The van der Waals surface area contributed by atoms with E-state index in [1.807, 2.05) is 0 Å². The molecule has 3 atom stereocenters. The molecule has 1 saturated carbocycles. The minimum absolute atomic E-state index is 0.00532. The molecule has 1 N–H and O–H groups in total. The Balaban J connectivity index is 2.63.